The van der Waals surface area contributed by atoms with E-state index in [1.54, 1.807) is 12.3 Å². The second kappa shape index (κ2) is 12.1. The smallest absolute Gasteiger partial charge is 0.187 e. The molecule has 2 rings (SSSR count). The fraction of sp³-hybridized carbons (Fsp3) is 0.353. The lowest BCUT2D eigenvalue weighted by Gasteiger charge is -2.01. The molecular weight excluding hydrogens is 280 g/mol. The van der Waals surface area contributed by atoms with Crippen LogP contribution < -0.4 is 0 Å². The monoisotopic (exact) mass is 304 g/mol. The van der Waals surface area contributed by atoms with Gasteiger partial charge in [0, 0.05) is 12.6 Å². The van der Waals surface area contributed by atoms with E-state index in [9.17, 15) is 4.79 Å². The van der Waals surface area contributed by atoms with E-state index in [1.807, 2.05) is 64.3 Å². The molecule has 0 fully saturated rings. The maximum absolute atomic E-state index is 12.0. The molecule has 1 aromatic heterocycles. The van der Waals surface area contributed by atoms with Crippen molar-refractivity contribution in [1.82, 2.24) is 9.97 Å². The summed E-state index contributed by atoms with van der Waals surface area (Å²) in [5.74, 6) is 0.0221. The molecule has 1 aromatic carbocycles. The van der Waals surface area contributed by atoms with Crippen molar-refractivity contribution in [2.75, 3.05) is 6.26 Å². The summed E-state index contributed by atoms with van der Waals surface area (Å²) in [6, 6.07) is 11.3. The zero-order valence-electron chi connectivity index (χ0n) is 13.5. The third-order valence-corrected chi connectivity index (χ3v) is 2.87. The summed E-state index contributed by atoms with van der Waals surface area (Å²) in [7, 11) is 0. The molecule has 3 nitrogen and oxygen atoms in total. The van der Waals surface area contributed by atoms with Gasteiger partial charge < -0.3 is 0 Å². The van der Waals surface area contributed by atoms with Crippen LogP contribution in [0.4, 0.5) is 0 Å². The van der Waals surface area contributed by atoms with Gasteiger partial charge in [0.1, 0.15) is 5.69 Å². The van der Waals surface area contributed by atoms with Crippen LogP contribution in [0, 0.1) is 0 Å². The van der Waals surface area contributed by atoms with Gasteiger partial charge in [-0.1, -0.05) is 69.8 Å². The highest BCUT2D eigenvalue weighted by Gasteiger charge is 2.09. The Hall–Kier alpha value is -1.68. The van der Waals surface area contributed by atoms with Gasteiger partial charge in [0.2, 0.25) is 0 Å². The van der Waals surface area contributed by atoms with Crippen molar-refractivity contribution in [1.29, 1.82) is 0 Å². The van der Waals surface area contributed by atoms with E-state index < -0.39 is 0 Å². The van der Waals surface area contributed by atoms with Gasteiger partial charge >= 0.3 is 0 Å². The zero-order chi connectivity index (χ0) is 16.1. The van der Waals surface area contributed by atoms with Gasteiger partial charge in [-0.25, -0.2) is 9.97 Å². The van der Waals surface area contributed by atoms with Crippen LogP contribution in [-0.4, -0.2) is 22.0 Å². The molecular formula is C17H24N2OS. The van der Waals surface area contributed by atoms with Gasteiger partial charge in [0.15, 0.2) is 10.9 Å². The first kappa shape index (κ1) is 19.3. The van der Waals surface area contributed by atoms with Crippen LogP contribution in [0.25, 0.3) is 0 Å². The lowest BCUT2D eigenvalue weighted by molar-refractivity contribution is 0.0987. The van der Waals surface area contributed by atoms with E-state index in [0.29, 0.717) is 17.3 Å². The number of benzene rings is 1. The number of nitrogens with zero attached hydrogens (tertiary/aromatic N) is 2. The summed E-state index contributed by atoms with van der Waals surface area (Å²) in [5, 5.41) is 0.629. The average molecular weight is 304 g/mol. The van der Waals surface area contributed by atoms with Crippen LogP contribution in [-0.2, 0) is 6.42 Å². The third kappa shape index (κ3) is 7.04. The minimum atomic E-state index is 0.0221. The fourth-order valence-corrected chi connectivity index (χ4v) is 1.82. The number of carbonyl (C=O) groups excluding carboxylic acids is 1. The molecule has 0 spiro atoms. The number of Topliss-reactive ketones (excluding diaryl/α,β-unsaturated/α-hetero) is 1. The summed E-state index contributed by atoms with van der Waals surface area (Å²) in [5.41, 5.74) is 1.48. The maximum Gasteiger partial charge on any atom is 0.187 e. The number of carbonyl (C=O) groups is 1. The first-order chi connectivity index (χ1) is 10.3. The summed E-state index contributed by atoms with van der Waals surface area (Å²) < 4.78 is 0. The van der Waals surface area contributed by atoms with Crippen LogP contribution in [0.3, 0.4) is 0 Å². The van der Waals surface area contributed by atoms with Gasteiger partial charge in [0.25, 0.3) is 0 Å². The molecule has 0 aliphatic carbocycles. The highest BCUT2D eigenvalue weighted by molar-refractivity contribution is 7.98. The summed E-state index contributed by atoms with van der Waals surface area (Å²) >= 11 is 1.43. The van der Waals surface area contributed by atoms with Crippen LogP contribution in [0.5, 0.6) is 0 Å². The molecule has 0 saturated heterocycles. The van der Waals surface area contributed by atoms with Gasteiger partial charge in [-0.05, 0) is 17.9 Å². The van der Waals surface area contributed by atoms with Crippen LogP contribution in [0.2, 0.25) is 0 Å². The molecule has 2 aromatic rings. The van der Waals surface area contributed by atoms with Crippen molar-refractivity contribution >= 4 is 17.5 Å². The average Bonchev–Trinajstić information content (AvgIpc) is 2.59. The van der Waals surface area contributed by atoms with E-state index in [1.165, 1.54) is 11.8 Å². The quantitative estimate of drug-likeness (QED) is 0.467. The standard InChI is InChI=1S/C13H12N2OS.2C2H6/c1-17-13-14-8-7-11(15-13)12(16)9-10-5-3-2-4-6-10;2*1-2/h2-8H,9H2,1H3;2*1-2H3. The van der Waals surface area contributed by atoms with Crippen molar-refractivity contribution < 1.29 is 4.79 Å². The van der Waals surface area contributed by atoms with Crippen LogP contribution >= 0.6 is 11.8 Å². The largest absolute Gasteiger partial charge is 0.292 e. The number of rotatable bonds is 4. The van der Waals surface area contributed by atoms with Crippen molar-refractivity contribution in [3.8, 4) is 0 Å². The normalized spacial score (nSPS) is 8.81. The molecule has 0 N–H and O–H groups in total. The Kier molecular flexibility index (Phi) is 11.1. The van der Waals surface area contributed by atoms with Gasteiger partial charge in [-0.15, -0.1) is 0 Å². The number of hydrogen-bond donors (Lipinski definition) is 0. The maximum atomic E-state index is 12.0. The minimum Gasteiger partial charge on any atom is -0.292 e. The molecule has 1 heterocycles. The summed E-state index contributed by atoms with van der Waals surface area (Å²) in [4.78, 5) is 20.2. The summed E-state index contributed by atoms with van der Waals surface area (Å²) in [6.45, 7) is 8.00. The van der Waals surface area contributed by atoms with Crippen molar-refractivity contribution in [3.05, 3.63) is 53.9 Å². The van der Waals surface area contributed by atoms with Gasteiger partial charge in [-0.2, -0.15) is 0 Å². The van der Waals surface area contributed by atoms with Gasteiger partial charge in [0.05, 0.1) is 0 Å². The molecule has 0 radical (unpaired) electrons. The van der Waals surface area contributed by atoms with Crippen molar-refractivity contribution in [2.24, 2.45) is 0 Å². The van der Waals surface area contributed by atoms with E-state index in [0.717, 1.165) is 5.56 Å². The number of ketones is 1. The molecule has 21 heavy (non-hydrogen) atoms. The van der Waals surface area contributed by atoms with Crippen molar-refractivity contribution in [2.45, 2.75) is 39.3 Å². The zero-order valence-corrected chi connectivity index (χ0v) is 14.3. The Bertz CT molecular complexity index is 515. The van der Waals surface area contributed by atoms with E-state index in [2.05, 4.69) is 9.97 Å². The Morgan fingerprint density at radius 1 is 1.05 bits per heavy atom. The number of hydrogen-bond acceptors (Lipinski definition) is 4. The first-order valence-electron chi connectivity index (χ1n) is 7.24. The minimum absolute atomic E-state index is 0.0221. The highest BCUT2D eigenvalue weighted by Crippen LogP contribution is 2.10. The second-order valence-corrected chi connectivity index (χ2v) is 4.29. The topological polar surface area (TPSA) is 42.9 Å². The SMILES string of the molecule is CC.CC.CSc1nccc(C(=O)Cc2ccccc2)n1. The van der Waals surface area contributed by atoms with Crippen molar-refractivity contribution in [3.63, 3.8) is 0 Å². The molecule has 0 unspecified atom stereocenters. The van der Waals surface area contributed by atoms with E-state index >= 15 is 0 Å². The molecule has 0 aliphatic heterocycles. The molecule has 4 heteroatoms. The molecule has 114 valence electrons. The molecule has 0 aliphatic rings. The number of aromatic nitrogens is 2. The lowest BCUT2D eigenvalue weighted by atomic mass is 10.1. The highest BCUT2D eigenvalue weighted by atomic mass is 32.2. The molecule has 0 saturated carbocycles. The lowest BCUT2D eigenvalue weighted by Crippen LogP contribution is -2.06. The third-order valence-electron chi connectivity index (χ3n) is 2.31. The fourth-order valence-electron chi connectivity index (χ4n) is 1.47. The van der Waals surface area contributed by atoms with Gasteiger partial charge in [-0.3, -0.25) is 4.79 Å². The first-order valence-corrected chi connectivity index (χ1v) is 8.46. The number of thioether (sulfide) groups is 1. The van der Waals surface area contributed by atoms with E-state index in [4.69, 9.17) is 0 Å². The molecule has 0 amide bonds. The Morgan fingerprint density at radius 3 is 2.24 bits per heavy atom. The molecule has 0 bridgehead atoms. The molecule has 0 atom stereocenters. The summed E-state index contributed by atoms with van der Waals surface area (Å²) in [6.07, 6.45) is 3.89. The second-order valence-electron chi connectivity index (χ2n) is 3.51. The predicted octanol–water partition coefficient (Wildman–Crippen LogP) is 4.68. The Labute approximate surface area is 132 Å². The van der Waals surface area contributed by atoms with Crippen LogP contribution in [0.1, 0.15) is 43.7 Å². The predicted molar refractivity (Wildman–Crippen MR) is 91.0 cm³/mol. The van der Waals surface area contributed by atoms with E-state index in [-0.39, 0.29) is 5.78 Å². The Balaban J connectivity index is 0.000000921. The Morgan fingerprint density at radius 2 is 1.67 bits per heavy atom. The van der Waals surface area contributed by atoms with Crippen LogP contribution in [0.15, 0.2) is 47.8 Å².